The van der Waals surface area contributed by atoms with Crippen LogP contribution in [0.5, 0.6) is 5.75 Å². The number of rotatable bonds is 4. The maximum absolute atomic E-state index is 5.94. The molecule has 2 rings (SSSR count). The minimum absolute atomic E-state index is 0.303. The number of hydrogen-bond donors (Lipinski definition) is 1. The van der Waals surface area contributed by atoms with Crippen molar-refractivity contribution in [3.63, 3.8) is 0 Å². The van der Waals surface area contributed by atoms with Gasteiger partial charge in [0.05, 0.1) is 5.52 Å². The lowest BCUT2D eigenvalue weighted by Gasteiger charge is -2.28. The number of nitrogens with zero attached hydrogens (tertiary/aromatic N) is 1. The maximum Gasteiger partial charge on any atom is 0.122 e. The Morgan fingerprint density at radius 2 is 2.18 bits per heavy atom. The molecule has 0 aliphatic carbocycles. The molecule has 0 fully saturated rings. The summed E-state index contributed by atoms with van der Waals surface area (Å²) in [7, 11) is 0. The van der Waals surface area contributed by atoms with Crippen molar-refractivity contribution >= 4 is 10.9 Å². The molecule has 0 radical (unpaired) electrons. The van der Waals surface area contributed by atoms with E-state index in [0.717, 1.165) is 23.1 Å². The second-order valence-corrected chi connectivity index (χ2v) is 4.47. The van der Waals surface area contributed by atoms with Gasteiger partial charge in [0.25, 0.3) is 0 Å². The van der Waals surface area contributed by atoms with Crippen LogP contribution in [0.15, 0.2) is 36.5 Å². The predicted molar refractivity (Wildman–Crippen MR) is 70.1 cm³/mol. The molecule has 0 bridgehead atoms. The van der Waals surface area contributed by atoms with Crippen LogP contribution in [0.3, 0.4) is 0 Å². The summed E-state index contributed by atoms with van der Waals surface area (Å²) in [5.74, 6) is 0.825. The number of benzene rings is 1. The molecular weight excluding hydrogens is 212 g/mol. The van der Waals surface area contributed by atoms with E-state index in [1.807, 2.05) is 37.3 Å². The standard InChI is InChI=1S/C14H18N2O/c1-3-14(2,10-15)17-12-7-6-11-5-4-8-16-13(11)9-12/h4-9H,3,10,15H2,1-2H3. The van der Waals surface area contributed by atoms with Crippen LogP contribution in [0.4, 0.5) is 0 Å². The van der Waals surface area contributed by atoms with Crippen LogP contribution in [0.2, 0.25) is 0 Å². The van der Waals surface area contributed by atoms with Crippen LogP contribution in [0, 0.1) is 0 Å². The second kappa shape index (κ2) is 4.72. The van der Waals surface area contributed by atoms with Crippen molar-refractivity contribution in [3.05, 3.63) is 36.5 Å². The van der Waals surface area contributed by atoms with E-state index in [0.29, 0.717) is 6.54 Å². The van der Waals surface area contributed by atoms with Crippen molar-refractivity contribution in [2.45, 2.75) is 25.9 Å². The summed E-state index contributed by atoms with van der Waals surface area (Å²) in [6.45, 7) is 4.60. The molecule has 0 saturated carbocycles. The van der Waals surface area contributed by atoms with Crippen molar-refractivity contribution in [2.24, 2.45) is 5.73 Å². The van der Waals surface area contributed by atoms with Gasteiger partial charge in [-0.15, -0.1) is 0 Å². The molecule has 2 N–H and O–H groups in total. The highest BCUT2D eigenvalue weighted by Gasteiger charge is 2.21. The summed E-state index contributed by atoms with van der Waals surface area (Å²) in [5.41, 5.74) is 6.38. The van der Waals surface area contributed by atoms with Gasteiger partial charge in [-0.1, -0.05) is 13.0 Å². The zero-order chi connectivity index (χ0) is 12.3. The van der Waals surface area contributed by atoms with Gasteiger partial charge in [0.15, 0.2) is 0 Å². The maximum atomic E-state index is 5.94. The average molecular weight is 230 g/mol. The molecular formula is C14H18N2O. The molecule has 0 aliphatic heterocycles. The Morgan fingerprint density at radius 3 is 2.88 bits per heavy atom. The fourth-order valence-corrected chi connectivity index (χ4v) is 1.65. The van der Waals surface area contributed by atoms with Crippen molar-refractivity contribution in [1.29, 1.82) is 0 Å². The Hall–Kier alpha value is -1.61. The molecule has 2 aromatic rings. The van der Waals surface area contributed by atoms with Gasteiger partial charge in [0.2, 0.25) is 0 Å². The van der Waals surface area contributed by atoms with E-state index in [1.54, 1.807) is 6.20 Å². The quantitative estimate of drug-likeness (QED) is 0.878. The second-order valence-electron chi connectivity index (χ2n) is 4.47. The van der Waals surface area contributed by atoms with Crippen LogP contribution >= 0.6 is 0 Å². The minimum atomic E-state index is -0.303. The fourth-order valence-electron chi connectivity index (χ4n) is 1.65. The number of hydrogen-bond acceptors (Lipinski definition) is 3. The molecule has 3 nitrogen and oxygen atoms in total. The van der Waals surface area contributed by atoms with Crippen LogP contribution in [-0.2, 0) is 0 Å². The van der Waals surface area contributed by atoms with E-state index in [4.69, 9.17) is 10.5 Å². The highest BCUT2D eigenvalue weighted by atomic mass is 16.5. The molecule has 0 spiro atoms. The van der Waals surface area contributed by atoms with Crippen molar-refractivity contribution in [1.82, 2.24) is 4.98 Å². The van der Waals surface area contributed by atoms with Gasteiger partial charge in [0, 0.05) is 24.2 Å². The summed E-state index contributed by atoms with van der Waals surface area (Å²) in [5, 5.41) is 1.12. The molecule has 0 aliphatic rings. The topological polar surface area (TPSA) is 48.1 Å². The van der Waals surface area contributed by atoms with Crippen LogP contribution in [-0.4, -0.2) is 17.1 Å². The predicted octanol–water partition coefficient (Wildman–Crippen LogP) is 2.74. The van der Waals surface area contributed by atoms with E-state index in [9.17, 15) is 0 Å². The first kappa shape index (κ1) is 11.9. The van der Waals surface area contributed by atoms with Crippen molar-refractivity contribution in [3.8, 4) is 5.75 Å². The Bertz CT molecular complexity index is 506. The molecule has 1 heterocycles. The van der Waals surface area contributed by atoms with E-state index in [1.165, 1.54) is 0 Å². The molecule has 17 heavy (non-hydrogen) atoms. The highest BCUT2D eigenvalue weighted by Crippen LogP contribution is 2.24. The third-order valence-corrected chi connectivity index (χ3v) is 3.12. The van der Waals surface area contributed by atoms with E-state index >= 15 is 0 Å². The molecule has 1 atom stereocenters. The summed E-state index contributed by atoms with van der Waals surface area (Å²) in [4.78, 5) is 4.31. The molecule has 1 unspecified atom stereocenters. The number of aromatic nitrogens is 1. The Balaban J connectivity index is 2.31. The summed E-state index contributed by atoms with van der Waals surface area (Å²) < 4.78 is 5.94. The lowest BCUT2D eigenvalue weighted by molar-refractivity contribution is 0.0937. The number of nitrogens with two attached hydrogens (primary N) is 1. The number of pyridine rings is 1. The summed E-state index contributed by atoms with van der Waals surface area (Å²) in [6.07, 6.45) is 2.66. The smallest absolute Gasteiger partial charge is 0.122 e. The molecule has 90 valence electrons. The van der Waals surface area contributed by atoms with Gasteiger partial charge >= 0.3 is 0 Å². The molecule has 3 heteroatoms. The SMILES string of the molecule is CCC(C)(CN)Oc1ccc2cccnc2c1. The third kappa shape index (κ3) is 2.56. The molecule has 0 saturated heterocycles. The zero-order valence-corrected chi connectivity index (χ0v) is 10.3. The van der Waals surface area contributed by atoms with Crippen LogP contribution in [0.1, 0.15) is 20.3 Å². The fraction of sp³-hybridized carbons (Fsp3) is 0.357. The van der Waals surface area contributed by atoms with Gasteiger partial charge in [-0.2, -0.15) is 0 Å². The minimum Gasteiger partial charge on any atom is -0.486 e. The average Bonchev–Trinajstić information content (AvgIpc) is 2.38. The van der Waals surface area contributed by atoms with E-state index in [-0.39, 0.29) is 5.60 Å². The lowest BCUT2D eigenvalue weighted by Crippen LogP contribution is -2.39. The van der Waals surface area contributed by atoms with Gasteiger partial charge < -0.3 is 10.5 Å². The van der Waals surface area contributed by atoms with Crippen molar-refractivity contribution in [2.75, 3.05) is 6.54 Å². The monoisotopic (exact) mass is 230 g/mol. The van der Waals surface area contributed by atoms with Gasteiger partial charge in [-0.05, 0) is 31.5 Å². The molecule has 1 aromatic heterocycles. The molecule has 0 amide bonds. The van der Waals surface area contributed by atoms with Crippen LogP contribution in [0.25, 0.3) is 10.9 Å². The van der Waals surface area contributed by atoms with Gasteiger partial charge in [-0.3, -0.25) is 4.98 Å². The first-order valence-corrected chi connectivity index (χ1v) is 5.91. The summed E-state index contributed by atoms with van der Waals surface area (Å²) >= 11 is 0. The third-order valence-electron chi connectivity index (χ3n) is 3.12. The lowest BCUT2D eigenvalue weighted by atomic mass is 10.0. The Labute approximate surface area is 102 Å². The van der Waals surface area contributed by atoms with Gasteiger partial charge in [0.1, 0.15) is 11.4 Å². The Kier molecular flexibility index (Phi) is 3.29. The van der Waals surface area contributed by atoms with Crippen LogP contribution < -0.4 is 10.5 Å². The highest BCUT2D eigenvalue weighted by molar-refractivity contribution is 5.79. The van der Waals surface area contributed by atoms with E-state index in [2.05, 4.69) is 11.9 Å². The van der Waals surface area contributed by atoms with E-state index < -0.39 is 0 Å². The largest absolute Gasteiger partial charge is 0.486 e. The number of fused-ring (bicyclic) bond motifs is 1. The molecule has 1 aromatic carbocycles. The van der Waals surface area contributed by atoms with Gasteiger partial charge in [-0.25, -0.2) is 0 Å². The number of ether oxygens (including phenoxy) is 1. The normalized spacial score (nSPS) is 14.5. The first-order chi connectivity index (χ1) is 8.17. The Morgan fingerprint density at radius 1 is 1.35 bits per heavy atom. The van der Waals surface area contributed by atoms with Crippen molar-refractivity contribution < 1.29 is 4.74 Å². The summed E-state index contributed by atoms with van der Waals surface area (Å²) in [6, 6.07) is 9.91. The zero-order valence-electron chi connectivity index (χ0n) is 10.3. The first-order valence-electron chi connectivity index (χ1n) is 5.91.